The Hall–Kier alpha value is -1.20. The number of esters is 1. The van der Waals surface area contributed by atoms with Crippen molar-refractivity contribution in [1.82, 2.24) is 5.32 Å². The highest BCUT2D eigenvalue weighted by Gasteiger charge is 2.21. The lowest BCUT2D eigenvalue weighted by molar-refractivity contribution is 0.0600. The first-order chi connectivity index (χ1) is 9.13. The Balaban J connectivity index is 2.37. The van der Waals surface area contributed by atoms with Crippen LogP contribution in [0.3, 0.4) is 0 Å². The molecule has 0 amide bonds. The average molecular weight is 281 g/mol. The van der Waals surface area contributed by atoms with Gasteiger partial charge in [-0.2, -0.15) is 0 Å². The van der Waals surface area contributed by atoms with Crippen LogP contribution in [-0.4, -0.2) is 36.6 Å². The van der Waals surface area contributed by atoms with Crippen molar-refractivity contribution in [2.75, 3.05) is 26.5 Å². The molecule has 1 aromatic rings. The van der Waals surface area contributed by atoms with Crippen LogP contribution < -0.4 is 5.32 Å². The summed E-state index contributed by atoms with van der Waals surface area (Å²) >= 11 is 0. The van der Waals surface area contributed by atoms with Gasteiger partial charge in [0.15, 0.2) is 0 Å². The van der Waals surface area contributed by atoms with Crippen molar-refractivity contribution in [2.24, 2.45) is 0 Å². The lowest BCUT2D eigenvalue weighted by Crippen LogP contribution is -2.27. The second-order valence-corrected chi connectivity index (χ2v) is 6.07. The highest BCUT2D eigenvalue weighted by Crippen LogP contribution is 2.30. The Morgan fingerprint density at radius 1 is 1.37 bits per heavy atom. The van der Waals surface area contributed by atoms with Crippen LogP contribution in [0.2, 0.25) is 0 Å². The molecule has 2 rings (SSSR count). The van der Waals surface area contributed by atoms with Gasteiger partial charge in [-0.15, -0.1) is 0 Å². The van der Waals surface area contributed by atoms with E-state index >= 15 is 0 Å². The molecule has 0 aromatic heterocycles. The van der Waals surface area contributed by atoms with Gasteiger partial charge in [0.2, 0.25) is 0 Å². The molecule has 0 aliphatic carbocycles. The molecule has 1 fully saturated rings. The topological polar surface area (TPSA) is 55.4 Å². The number of carbonyl (C=O) groups excluding carboxylic acids is 1. The summed E-state index contributed by atoms with van der Waals surface area (Å²) in [5, 5.41) is 3.32. The van der Waals surface area contributed by atoms with Crippen molar-refractivity contribution >= 4 is 16.8 Å². The Labute approximate surface area is 116 Å². The number of ether oxygens (including phenoxy) is 1. The van der Waals surface area contributed by atoms with Gasteiger partial charge >= 0.3 is 5.97 Å². The molecular weight excluding hydrogens is 262 g/mol. The predicted molar refractivity (Wildman–Crippen MR) is 75.0 cm³/mol. The van der Waals surface area contributed by atoms with E-state index in [1.54, 1.807) is 18.4 Å². The first-order valence-electron chi connectivity index (χ1n) is 6.40. The van der Waals surface area contributed by atoms with E-state index in [-0.39, 0.29) is 5.97 Å². The van der Waals surface area contributed by atoms with Crippen LogP contribution in [0, 0.1) is 0 Å². The Morgan fingerprint density at radius 3 is 2.63 bits per heavy atom. The highest BCUT2D eigenvalue weighted by molar-refractivity contribution is 7.84. The van der Waals surface area contributed by atoms with Crippen LogP contribution in [-0.2, 0) is 15.5 Å². The number of benzene rings is 1. The largest absolute Gasteiger partial charge is 0.465 e. The lowest BCUT2D eigenvalue weighted by atomic mass is 9.89. The van der Waals surface area contributed by atoms with Crippen LogP contribution in [0.4, 0.5) is 0 Å². The number of methoxy groups -OCH3 is 1. The number of nitrogens with one attached hydrogen (secondary N) is 1. The van der Waals surface area contributed by atoms with Gasteiger partial charge < -0.3 is 10.1 Å². The monoisotopic (exact) mass is 281 g/mol. The predicted octanol–water partition coefficient (Wildman–Crippen LogP) is 1.68. The molecule has 1 saturated heterocycles. The fraction of sp³-hybridized carbons (Fsp3) is 0.500. The van der Waals surface area contributed by atoms with Crippen molar-refractivity contribution in [1.29, 1.82) is 0 Å². The van der Waals surface area contributed by atoms with E-state index in [1.165, 1.54) is 7.11 Å². The third-order valence-corrected chi connectivity index (χ3v) is 4.50. The maximum Gasteiger partial charge on any atom is 0.337 e. The Morgan fingerprint density at radius 2 is 2.05 bits per heavy atom. The van der Waals surface area contributed by atoms with Crippen molar-refractivity contribution in [2.45, 2.75) is 23.7 Å². The number of hydrogen-bond donors (Lipinski definition) is 1. The van der Waals surface area contributed by atoms with Gasteiger partial charge in [-0.3, -0.25) is 4.21 Å². The summed E-state index contributed by atoms with van der Waals surface area (Å²) in [6, 6.07) is 5.40. The highest BCUT2D eigenvalue weighted by atomic mass is 32.2. The normalized spacial score (nSPS) is 18.0. The van der Waals surface area contributed by atoms with Crippen molar-refractivity contribution in [3.05, 3.63) is 29.3 Å². The molecule has 0 radical (unpaired) electrons. The smallest absolute Gasteiger partial charge is 0.337 e. The Bertz CT molecular complexity index is 495. The molecule has 1 atom stereocenters. The zero-order valence-electron chi connectivity index (χ0n) is 11.3. The summed E-state index contributed by atoms with van der Waals surface area (Å²) < 4.78 is 16.6. The maximum absolute atomic E-state index is 11.9. The minimum Gasteiger partial charge on any atom is -0.465 e. The van der Waals surface area contributed by atoms with E-state index in [0.29, 0.717) is 11.5 Å². The van der Waals surface area contributed by atoms with Gasteiger partial charge in [-0.25, -0.2) is 4.79 Å². The summed E-state index contributed by atoms with van der Waals surface area (Å²) in [6.45, 7) is 1.97. The fourth-order valence-corrected chi connectivity index (χ4v) is 3.36. The third kappa shape index (κ3) is 3.22. The molecule has 104 valence electrons. The minimum atomic E-state index is -1.10. The van der Waals surface area contributed by atoms with Gasteiger partial charge in [-0.1, -0.05) is 6.07 Å². The van der Waals surface area contributed by atoms with Crippen molar-refractivity contribution in [3.63, 3.8) is 0 Å². The van der Waals surface area contributed by atoms with E-state index in [2.05, 4.69) is 5.32 Å². The van der Waals surface area contributed by atoms with Crippen LogP contribution >= 0.6 is 0 Å². The SMILES string of the molecule is COC(=O)c1ccc(C2CCNCC2)c([S@](C)=O)c1. The standard InChI is InChI=1S/C14H19NO3S/c1-18-14(16)11-3-4-12(13(9-11)19(2)17)10-5-7-15-8-6-10/h3-4,9-10,15H,5-8H2,1-2H3/t19-/m0/s1. The second kappa shape index (κ2) is 6.30. The van der Waals surface area contributed by atoms with Gasteiger partial charge in [-0.05, 0) is 49.5 Å². The molecule has 1 heterocycles. The fourth-order valence-electron chi connectivity index (χ4n) is 2.50. The summed E-state index contributed by atoms with van der Waals surface area (Å²) in [5.41, 5.74) is 1.57. The molecule has 5 heteroatoms. The molecule has 0 spiro atoms. The second-order valence-electron chi connectivity index (χ2n) is 4.72. The molecule has 0 unspecified atom stereocenters. The first kappa shape index (κ1) is 14.2. The maximum atomic E-state index is 11.9. The molecule has 4 nitrogen and oxygen atoms in total. The van der Waals surface area contributed by atoms with E-state index in [4.69, 9.17) is 4.74 Å². The summed E-state index contributed by atoms with van der Waals surface area (Å²) in [5.74, 6) is 0.0374. The minimum absolute atomic E-state index is 0.386. The van der Waals surface area contributed by atoms with Gasteiger partial charge in [0.1, 0.15) is 0 Å². The van der Waals surface area contributed by atoms with Crippen molar-refractivity contribution in [3.8, 4) is 0 Å². The molecule has 1 aliphatic heterocycles. The van der Waals surface area contributed by atoms with Crippen molar-refractivity contribution < 1.29 is 13.7 Å². The molecule has 1 N–H and O–H groups in total. The van der Waals surface area contributed by atoms with E-state index in [0.717, 1.165) is 36.4 Å². The number of rotatable bonds is 3. The molecule has 0 bridgehead atoms. The third-order valence-electron chi connectivity index (χ3n) is 3.52. The van der Waals surface area contributed by atoms with E-state index < -0.39 is 10.8 Å². The summed E-state index contributed by atoms with van der Waals surface area (Å²) in [7, 11) is 0.254. The van der Waals surface area contributed by atoms with Crippen LogP contribution in [0.5, 0.6) is 0 Å². The number of hydrogen-bond acceptors (Lipinski definition) is 4. The molecule has 0 saturated carbocycles. The zero-order valence-corrected chi connectivity index (χ0v) is 12.1. The summed E-state index contributed by atoms with van der Waals surface area (Å²) in [4.78, 5) is 12.3. The first-order valence-corrected chi connectivity index (χ1v) is 7.95. The van der Waals surface area contributed by atoms with Gasteiger partial charge in [0.05, 0.1) is 23.5 Å². The van der Waals surface area contributed by atoms with Crippen LogP contribution in [0.15, 0.2) is 23.1 Å². The number of carbonyl (C=O) groups is 1. The molecule has 1 aliphatic rings. The van der Waals surface area contributed by atoms with E-state index in [9.17, 15) is 9.00 Å². The van der Waals surface area contributed by atoms with E-state index in [1.807, 2.05) is 6.07 Å². The Kier molecular flexibility index (Phi) is 4.71. The quantitative estimate of drug-likeness (QED) is 0.856. The van der Waals surface area contributed by atoms with Gasteiger partial charge in [0, 0.05) is 11.2 Å². The average Bonchev–Trinajstić information content (AvgIpc) is 2.46. The molecule has 1 aromatic carbocycles. The summed E-state index contributed by atoms with van der Waals surface area (Å²) in [6.07, 6.45) is 3.74. The van der Waals surface area contributed by atoms with Crippen LogP contribution in [0.1, 0.15) is 34.7 Å². The molecular formula is C14H19NO3S. The molecule has 19 heavy (non-hydrogen) atoms. The van der Waals surface area contributed by atoms with Crippen LogP contribution in [0.25, 0.3) is 0 Å². The number of piperidine rings is 1. The zero-order chi connectivity index (χ0) is 13.8. The lowest BCUT2D eigenvalue weighted by Gasteiger charge is -2.24. The van der Waals surface area contributed by atoms with Gasteiger partial charge in [0.25, 0.3) is 0 Å².